The Labute approximate surface area is 123 Å². The van der Waals surface area contributed by atoms with Gasteiger partial charge in [-0.15, -0.1) is 0 Å². The van der Waals surface area contributed by atoms with Crippen LogP contribution in [0.1, 0.15) is 19.8 Å². The number of nitrogens with one attached hydrogen (secondary N) is 2. The minimum atomic E-state index is -0.373. The van der Waals surface area contributed by atoms with Gasteiger partial charge in [0.15, 0.2) is 0 Å². The molecule has 0 fully saturated rings. The van der Waals surface area contributed by atoms with Crippen LogP contribution in [0.2, 0.25) is 0 Å². The van der Waals surface area contributed by atoms with Gasteiger partial charge in [-0.05, 0) is 31.0 Å². The molecule has 2 aromatic rings. The highest BCUT2D eigenvalue weighted by molar-refractivity contribution is 5.91. The predicted molar refractivity (Wildman–Crippen MR) is 81.5 cm³/mol. The molecule has 0 saturated heterocycles. The lowest BCUT2D eigenvalue weighted by atomic mass is 10.2. The van der Waals surface area contributed by atoms with Crippen LogP contribution < -0.4 is 10.6 Å². The molecule has 2 amide bonds. The van der Waals surface area contributed by atoms with Crippen LogP contribution in [-0.4, -0.2) is 33.6 Å². The zero-order valence-electron chi connectivity index (χ0n) is 12.0. The third kappa shape index (κ3) is 4.32. The molecule has 1 aromatic carbocycles. The molecule has 1 unspecified atom stereocenters. The minimum absolute atomic E-state index is 0.294. The van der Waals surface area contributed by atoms with Gasteiger partial charge >= 0.3 is 6.03 Å². The second kappa shape index (κ2) is 7.44. The van der Waals surface area contributed by atoms with E-state index in [1.165, 1.54) is 0 Å². The van der Waals surface area contributed by atoms with Gasteiger partial charge in [0.1, 0.15) is 0 Å². The van der Waals surface area contributed by atoms with E-state index in [-0.39, 0.29) is 12.1 Å². The molecule has 2 rings (SSSR count). The molecule has 1 aromatic heterocycles. The molecule has 112 valence electrons. The summed E-state index contributed by atoms with van der Waals surface area (Å²) in [5, 5.41) is 19.1. The SMILES string of the molecule is CCC(O)CCNC(=O)Nc1ccccc1-n1cccn1. The van der Waals surface area contributed by atoms with E-state index in [0.29, 0.717) is 25.1 Å². The van der Waals surface area contributed by atoms with Crippen LogP contribution in [0.15, 0.2) is 42.7 Å². The summed E-state index contributed by atoms with van der Waals surface area (Å²) >= 11 is 0. The van der Waals surface area contributed by atoms with E-state index >= 15 is 0 Å². The van der Waals surface area contributed by atoms with E-state index in [2.05, 4.69) is 15.7 Å². The van der Waals surface area contributed by atoms with Crippen LogP contribution in [-0.2, 0) is 0 Å². The van der Waals surface area contributed by atoms with Gasteiger partial charge < -0.3 is 15.7 Å². The Morgan fingerprint density at radius 1 is 1.38 bits per heavy atom. The highest BCUT2D eigenvalue weighted by Gasteiger charge is 2.08. The van der Waals surface area contributed by atoms with Gasteiger partial charge in [0.2, 0.25) is 0 Å². The standard InChI is InChI=1S/C15H20N4O2/c1-2-12(20)8-10-16-15(21)18-13-6-3-4-7-14(13)19-11-5-9-17-19/h3-7,9,11-12,20H,2,8,10H2,1H3,(H2,16,18,21). The molecule has 0 radical (unpaired) electrons. The Balaban J connectivity index is 1.95. The summed E-state index contributed by atoms with van der Waals surface area (Å²) in [6.07, 6.45) is 4.36. The zero-order valence-corrected chi connectivity index (χ0v) is 12.0. The monoisotopic (exact) mass is 288 g/mol. The highest BCUT2D eigenvalue weighted by Crippen LogP contribution is 2.18. The van der Waals surface area contributed by atoms with Crippen LogP contribution in [0.3, 0.4) is 0 Å². The fourth-order valence-electron chi connectivity index (χ4n) is 1.91. The topological polar surface area (TPSA) is 79.2 Å². The second-order valence-electron chi connectivity index (χ2n) is 4.70. The first-order chi connectivity index (χ1) is 10.2. The van der Waals surface area contributed by atoms with Crippen molar-refractivity contribution in [2.45, 2.75) is 25.9 Å². The Bertz CT molecular complexity index is 569. The van der Waals surface area contributed by atoms with Gasteiger partial charge in [0, 0.05) is 18.9 Å². The first kappa shape index (κ1) is 15.1. The fraction of sp³-hybridized carbons (Fsp3) is 0.333. The number of rotatable bonds is 6. The van der Waals surface area contributed by atoms with E-state index in [1.54, 1.807) is 10.9 Å². The van der Waals surface area contributed by atoms with E-state index < -0.39 is 0 Å². The zero-order chi connectivity index (χ0) is 15.1. The number of para-hydroxylation sites is 2. The van der Waals surface area contributed by atoms with Crippen LogP contribution >= 0.6 is 0 Å². The second-order valence-corrected chi connectivity index (χ2v) is 4.70. The largest absolute Gasteiger partial charge is 0.393 e. The number of hydrogen-bond acceptors (Lipinski definition) is 3. The van der Waals surface area contributed by atoms with Crippen LogP contribution in [0.25, 0.3) is 5.69 Å². The molecule has 0 spiro atoms. The Hall–Kier alpha value is -2.34. The van der Waals surface area contributed by atoms with Gasteiger partial charge in [-0.2, -0.15) is 5.10 Å². The predicted octanol–water partition coefficient (Wildman–Crippen LogP) is 2.15. The molecule has 1 atom stereocenters. The summed E-state index contributed by atoms with van der Waals surface area (Å²) in [6.45, 7) is 2.34. The number of aliphatic hydroxyl groups excluding tert-OH is 1. The van der Waals surface area contributed by atoms with Crippen molar-refractivity contribution >= 4 is 11.7 Å². The minimum Gasteiger partial charge on any atom is -0.393 e. The molecule has 0 saturated carbocycles. The highest BCUT2D eigenvalue weighted by atomic mass is 16.3. The third-order valence-electron chi connectivity index (χ3n) is 3.14. The lowest BCUT2D eigenvalue weighted by Gasteiger charge is -2.13. The van der Waals surface area contributed by atoms with Gasteiger partial charge in [-0.25, -0.2) is 9.48 Å². The lowest BCUT2D eigenvalue weighted by molar-refractivity contribution is 0.160. The first-order valence-electron chi connectivity index (χ1n) is 7.02. The molecule has 1 heterocycles. The molecule has 6 nitrogen and oxygen atoms in total. The molecule has 3 N–H and O–H groups in total. The number of benzene rings is 1. The molecule has 0 aliphatic heterocycles. The maximum absolute atomic E-state index is 11.9. The molecule has 21 heavy (non-hydrogen) atoms. The fourth-order valence-corrected chi connectivity index (χ4v) is 1.91. The van der Waals surface area contributed by atoms with Crippen molar-refractivity contribution in [1.82, 2.24) is 15.1 Å². The van der Waals surface area contributed by atoms with Crippen LogP contribution in [0, 0.1) is 0 Å². The number of anilines is 1. The van der Waals surface area contributed by atoms with Crippen LogP contribution in [0.5, 0.6) is 0 Å². The number of aromatic nitrogens is 2. The summed E-state index contributed by atoms with van der Waals surface area (Å²) in [4.78, 5) is 11.9. The summed E-state index contributed by atoms with van der Waals surface area (Å²) < 4.78 is 1.69. The molecule has 0 aliphatic rings. The molecule has 0 bridgehead atoms. The van der Waals surface area contributed by atoms with Gasteiger partial charge in [0.05, 0.1) is 17.5 Å². The van der Waals surface area contributed by atoms with Gasteiger partial charge in [-0.1, -0.05) is 19.1 Å². The van der Waals surface area contributed by atoms with E-state index in [4.69, 9.17) is 0 Å². The Kier molecular flexibility index (Phi) is 5.34. The van der Waals surface area contributed by atoms with E-state index in [1.807, 2.05) is 43.5 Å². The van der Waals surface area contributed by atoms with Crippen molar-refractivity contribution in [2.75, 3.05) is 11.9 Å². The van der Waals surface area contributed by atoms with Crippen LogP contribution in [0.4, 0.5) is 10.5 Å². The Morgan fingerprint density at radius 2 is 2.19 bits per heavy atom. The van der Waals surface area contributed by atoms with E-state index in [0.717, 1.165) is 5.69 Å². The first-order valence-corrected chi connectivity index (χ1v) is 7.02. The summed E-state index contributed by atoms with van der Waals surface area (Å²) in [5.41, 5.74) is 1.47. The quantitative estimate of drug-likeness (QED) is 0.762. The number of nitrogens with zero attached hydrogens (tertiary/aromatic N) is 2. The average molecular weight is 288 g/mol. The lowest BCUT2D eigenvalue weighted by Crippen LogP contribution is -2.31. The third-order valence-corrected chi connectivity index (χ3v) is 3.14. The van der Waals surface area contributed by atoms with Crippen molar-refractivity contribution in [3.05, 3.63) is 42.7 Å². The van der Waals surface area contributed by atoms with Crippen molar-refractivity contribution in [3.63, 3.8) is 0 Å². The molecule has 6 heteroatoms. The summed E-state index contributed by atoms with van der Waals surface area (Å²) in [5.74, 6) is 0. The molecular formula is C15H20N4O2. The van der Waals surface area contributed by atoms with Crippen molar-refractivity contribution in [2.24, 2.45) is 0 Å². The number of carbonyl (C=O) groups excluding carboxylic acids is 1. The number of urea groups is 1. The van der Waals surface area contributed by atoms with Crippen molar-refractivity contribution in [3.8, 4) is 5.69 Å². The molecule has 0 aliphatic carbocycles. The number of amides is 2. The number of aliphatic hydroxyl groups is 1. The van der Waals surface area contributed by atoms with Crippen molar-refractivity contribution in [1.29, 1.82) is 0 Å². The van der Waals surface area contributed by atoms with Gasteiger partial charge in [0.25, 0.3) is 0 Å². The number of carbonyl (C=O) groups is 1. The number of hydrogen-bond donors (Lipinski definition) is 3. The Morgan fingerprint density at radius 3 is 2.90 bits per heavy atom. The average Bonchev–Trinajstić information content (AvgIpc) is 3.01. The van der Waals surface area contributed by atoms with Crippen molar-refractivity contribution < 1.29 is 9.90 Å². The molecular weight excluding hydrogens is 268 g/mol. The van der Waals surface area contributed by atoms with Gasteiger partial charge in [-0.3, -0.25) is 0 Å². The summed E-state index contributed by atoms with van der Waals surface area (Å²) in [7, 11) is 0. The van der Waals surface area contributed by atoms with E-state index in [9.17, 15) is 9.90 Å². The maximum atomic E-state index is 11.9. The summed E-state index contributed by atoms with van der Waals surface area (Å²) in [6, 6.07) is 8.96. The normalized spacial score (nSPS) is 11.9. The maximum Gasteiger partial charge on any atom is 0.319 e. The smallest absolute Gasteiger partial charge is 0.319 e.